The molecule has 1 aliphatic rings. The topological polar surface area (TPSA) is 105 Å². The van der Waals surface area contributed by atoms with Crippen molar-refractivity contribution in [1.29, 1.82) is 0 Å². The van der Waals surface area contributed by atoms with Crippen LogP contribution in [0.3, 0.4) is 0 Å². The van der Waals surface area contributed by atoms with Gasteiger partial charge >= 0.3 is 5.97 Å². The zero-order chi connectivity index (χ0) is 18.9. The molecule has 0 bridgehead atoms. The SMILES string of the molecule is Cc1ccc(S(=O)(=O)n2ccc(C(=O)NC3(CC(=O)O)CCC3)c2)cc1. The summed E-state index contributed by atoms with van der Waals surface area (Å²) >= 11 is 0. The van der Waals surface area contributed by atoms with Crippen LogP contribution in [0.4, 0.5) is 0 Å². The average molecular weight is 376 g/mol. The molecule has 0 aliphatic heterocycles. The van der Waals surface area contributed by atoms with Gasteiger partial charge in [-0.2, -0.15) is 0 Å². The lowest BCUT2D eigenvalue weighted by atomic mass is 9.74. The normalized spacial score (nSPS) is 15.9. The molecule has 1 amide bonds. The molecule has 1 aliphatic carbocycles. The number of carboxylic acid groups (broad SMARTS) is 1. The van der Waals surface area contributed by atoms with Crippen molar-refractivity contribution in [3.05, 3.63) is 53.9 Å². The van der Waals surface area contributed by atoms with E-state index in [1.807, 2.05) is 6.92 Å². The number of hydrogen-bond donors (Lipinski definition) is 2. The second-order valence-corrected chi connectivity index (χ2v) is 8.55. The van der Waals surface area contributed by atoms with E-state index in [1.54, 1.807) is 12.1 Å². The molecule has 1 aromatic heterocycles. The summed E-state index contributed by atoms with van der Waals surface area (Å²) in [5, 5.41) is 11.8. The highest BCUT2D eigenvalue weighted by atomic mass is 32.2. The van der Waals surface area contributed by atoms with Crippen LogP contribution in [0.5, 0.6) is 0 Å². The van der Waals surface area contributed by atoms with Crippen LogP contribution in [-0.4, -0.2) is 34.9 Å². The third-order valence-electron chi connectivity index (χ3n) is 4.70. The van der Waals surface area contributed by atoms with Crippen molar-refractivity contribution in [1.82, 2.24) is 9.29 Å². The number of carbonyl (C=O) groups is 2. The Morgan fingerprint density at radius 3 is 2.38 bits per heavy atom. The molecule has 1 fully saturated rings. The summed E-state index contributed by atoms with van der Waals surface area (Å²) in [5.74, 6) is -1.44. The highest BCUT2D eigenvalue weighted by Gasteiger charge is 2.40. The summed E-state index contributed by atoms with van der Waals surface area (Å²) in [6, 6.07) is 7.85. The number of nitrogens with one attached hydrogen (secondary N) is 1. The van der Waals surface area contributed by atoms with Crippen LogP contribution in [-0.2, 0) is 14.8 Å². The fraction of sp³-hybridized carbons (Fsp3) is 0.333. The van der Waals surface area contributed by atoms with Gasteiger partial charge in [0.25, 0.3) is 15.9 Å². The van der Waals surface area contributed by atoms with E-state index in [2.05, 4.69) is 5.32 Å². The molecule has 2 aromatic rings. The van der Waals surface area contributed by atoms with Gasteiger partial charge in [0.05, 0.1) is 22.4 Å². The van der Waals surface area contributed by atoms with E-state index in [4.69, 9.17) is 5.11 Å². The summed E-state index contributed by atoms with van der Waals surface area (Å²) in [7, 11) is -3.78. The molecule has 0 radical (unpaired) electrons. The molecule has 0 spiro atoms. The average Bonchev–Trinajstić information content (AvgIpc) is 3.03. The van der Waals surface area contributed by atoms with Crippen molar-refractivity contribution in [3.8, 4) is 0 Å². The first kappa shape index (κ1) is 18.2. The number of aliphatic carboxylic acids is 1. The number of rotatable bonds is 6. The van der Waals surface area contributed by atoms with E-state index in [0.717, 1.165) is 16.0 Å². The second kappa shape index (κ2) is 6.60. The standard InChI is InChI=1S/C18H20N2O5S/c1-13-3-5-15(6-4-13)26(24,25)20-10-7-14(12-20)17(23)19-18(8-2-9-18)11-16(21)22/h3-7,10,12H,2,8-9,11H2,1H3,(H,19,23)(H,21,22). The van der Waals surface area contributed by atoms with Gasteiger partial charge in [-0.1, -0.05) is 17.7 Å². The van der Waals surface area contributed by atoms with Crippen molar-refractivity contribution >= 4 is 21.9 Å². The van der Waals surface area contributed by atoms with Gasteiger partial charge in [0.2, 0.25) is 0 Å². The van der Waals surface area contributed by atoms with Gasteiger partial charge in [0, 0.05) is 12.4 Å². The monoisotopic (exact) mass is 376 g/mol. The van der Waals surface area contributed by atoms with Gasteiger partial charge in [-0.15, -0.1) is 0 Å². The number of benzene rings is 1. The van der Waals surface area contributed by atoms with Crippen LogP contribution in [0.1, 0.15) is 41.6 Å². The minimum atomic E-state index is -3.78. The van der Waals surface area contributed by atoms with Crippen molar-refractivity contribution in [2.45, 2.75) is 43.0 Å². The van der Waals surface area contributed by atoms with Gasteiger partial charge in [0.1, 0.15) is 0 Å². The third kappa shape index (κ3) is 3.50. The Balaban J connectivity index is 1.80. The second-order valence-electron chi connectivity index (χ2n) is 6.71. The maximum Gasteiger partial charge on any atom is 0.305 e. The highest BCUT2D eigenvalue weighted by molar-refractivity contribution is 7.90. The van der Waals surface area contributed by atoms with Crippen molar-refractivity contribution < 1.29 is 23.1 Å². The summed E-state index contributed by atoms with van der Waals surface area (Å²) in [5.41, 5.74) is 0.388. The van der Waals surface area contributed by atoms with Gasteiger partial charge in [-0.25, -0.2) is 12.4 Å². The Morgan fingerprint density at radius 2 is 1.85 bits per heavy atom. The molecule has 1 heterocycles. The molecular formula is C18H20N2O5S. The maximum absolute atomic E-state index is 12.6. The van der Waals surface area contributed by atoms with Crippen molar-refractivity contribution in [2.24, 2.45) is 0 Å². The molecule has 7 nitrogen and oxygen atoms in total. The fourth-order valence-corrected chi connectivity index (χ4v) is 4.24. The van der Waals surface area contributed by atoms with Crippen LogP contribution in [0, 0.1) is 6.92 Å². The first-order chi connectivity index (χ1) is 12.2. The minimum absolute atomic E-state index is 0.131. The van der Waals surface area contributed by atoms with E-state index in [0.29, 0.717) is 12.8 Å². The summed E-state index contributed by atoms with van der Waals surface area (Å²) in [6.07, 6.45) is 4.49. The van der Waals surface area contributed by atoms with Gasteiger partial charge < -0.3 is 10.4 Å². The number of carbonyl (C=O) groups excluding carboxylic acids is 1. The lowest BCUT2D eigenvalue weighted by molar-refractivity contribution is -0.139. The zero-order valence-electron chi connectivity index (χ0n) is 14.3. The first-order valence-electron chi connectivity index (χ1n) is 8.26. The largest absolute Gasteiger partial charge is 0.481 e. The van der Waals surface area contributed by atoms with Crippen LogP contribution in [0.15, 0.2) is 47.6 Å². The summed E-state index contributed by atoms with van der Waals surface area (Å²) < 4.78 is 26.3. The Kier molecular flexibility index (Phi) is 4.62. The predicted molar refractivity (Wildman–Crippen MR) is 94.5 cm³/mol. The predicted octanol–water partition coefficient (Wildman–Crippen LogP) is 2.16. The maximum atomic E-state index is 12.6. The third-order valence-corrected chi connectivity index (χ3v) is 6.35. The molecule has 3 rings (SSSR count). The first-order valence-corrected chi connectivity index (χ1v) is 9.70. The van der Waals surface area contributed by atoms with Gasteiger partial charge in [-0.3, -0.25) is 9.59 Å². The quantitative estimate of drug-likeness (QED) is 0.804. The summed E-state index contributed by atoms with van der Waals surface area (Å²) in [4.78, 5) is 23.6. The fourth-order valence-electron chi connectivity index (χ4n) is 3.04. The number of carboxylic acids is 1. The Hall–Kier alpha value is -2.61. The Bertz CT molecular complexity index is 940. The van der Waals surface area contributed by atoms with Crippen LogP contribution in [0.25, 0.3) is 0 Å². The number of nitrogens with zero attached hydrogens (tertiary/aromatic N) is 1. The lowest BCUT2D eigenvalue weighted by Gasteiger charge is -2.41. The molecule has 26 heavy (non-hydrogen) atoms. The lowest BCUT2D eigenvalue weighted by Crippen LogP contribution is -2.54. The van der Waals surface area contributed by atoms with Crippen LogP contribution in [0.2, 0.25) is 0 Å². The molecule has 1 aromatic carbocycles. The van der Waals surface area contributed by atoms with E-state index in [-0.39, 0.29) is 16.9 Å². The van der Waals surface area contributed by atoms with E-state index >= 15 is 0 Å². The minimum Gasteiger partial charge on any atom is -0.481 e. The molecule has 0 unspecified atom stereocenters. The number of aromatic nitrogens is 1. The number of aryl methyl sites for hydroxylation is 1. The molecule has 0 saturated heterocycles. The highest BCUT2D eigenvalue weighted by Crippen LogP contribution is 2.35. The Labute approximate surface area is 151 Å². The van der Waals surface area contributed by atoms with Crippen molar-refractivity contribution in [3.63, 3.8) is 0 Å². The zero-order valence-corrected chi connectivity index (χ0v) is 15.1. The van der Waals surface area contributed by atoms with Gasteiger partial charge in [0.15, 0.2) is 0 Å². The molecule has 2 N–H and O–H groups in total. The molecule has 1 saturated carbocycles. The van der Waals surface area contributed by atoms with E-state index < -0.39 is 27.4 Å². The van der Waals surface area contributed by atoms with E-state index in [9.17, 15) is 18.0 Å². The number of hydrogen-bond acceptors (Lipinski definition) is 4. The molecule has 8 heteroatoms. The van der Waals surface area contributed by atoms with E-state index in [1.165, 1.54) is 30.6 Å². The molecule has 0 atom stereocenters. The summed E-state index contributed by atoms with van der Waals surface area (Å²) in [6.45, 7) is 1.86. The number of amides is 1. The Morgan fingerprint density at radius 1 is 1.19 bits per heavy atom. The van der Waals surface area contributed by atoms with Crippen LogP contribution >= 0.6 is 0 Å². The molecular weight excluding hydrogens is 356 g/mol. The molecule has 138 valence electrons. The van der Waals surface area contributed by atoms with Gasteiger partial charge in [-0.05, 0) is 44.4 Å². The van der Waals surface area contributed by atoms with Crippen LogP contribution < -0.4 is 5.32 Å². The van der Waals surface area contributed by atoms with Crippen molar-refractivity contribution in [2.75, 3.05) is 0 Å². The smallest absolute Gasteiger partial charge is 0.305 e.